The van der Waals surface area contributed by atoms with E-state index in [1.165, 1.54) is 19.3 Å². The van der Waals surface area contributed by atoms with Crippen molar-refractivity contribution in [1.82, 2.24) is 0 Å². The summed E-state index contributed by atoms with van der Waals surface area (Å²) in [5.41, 5.74) is 5.34. The summed E-state index contributed by atoms with van der Waals surface area (Å²) >= 11 is 0. The van der Waals surface area contributed by atoms with Gasteiger partial charge in [-0.2, -0.15) is 0 Å². The van der Waals surface area contributed by atoms with E-state index in [1.807, 2.05) is 0 Å². The minimum atomic E-state index is -0.159. The summed E-state index contributed by atoms with van der Waals surface area (Å²) in [5.74, 6) is 1.38. The minimum Gasteiger partial charge on any atom is -0.465 e. The quantitative estimate of drug-likeness (QED) is 0.348. The Morgan fingerprint density at radius 3 is 2.26 bits per heavy atom. The van der Waals surface area contributed by atoms with Gasteiger partial charge in [0.15, 0.2) is 0 Å². The summed E-state index contributed by atoms with van der Waals surface area (Å²) in [5, 5.41) is 0. The molecular weight excluding hydrogens is 472 g/mol. The van der Waals surface area contributed by atoms with Crippen LogP contribution in [0.3, 0.4) is 0 Å². The lowest BCUT2D eigenvalue weighted by Crippen LogP contribution is -2.64. The highest BCUT2D eigenvalue weighted by Gasteiger charge is 2.68. The Balaban J connectivity index is 1.57. The molecule has 0 spiro atoms. The molecule has 0 saturated heterocycles. The van der Waals surface area contributed by atoms with E-state index in [2.05, 4.69) is 54.5 Å². The Kier molecular flexibility index (Phi) is 6.60. The maximum Gasteiger partial charge on any atom is 0.302 e. The van der Waals surface area contributed by atoms with E-state index in [0.29, 0.717) is 24.4 Å². The maximum atomic E-state index is 11.9. The van der Waals surface area contributed by atoms with Gasteiger partial charge in [0.2, 0.25) is 0 Å². The first-order valence-corrected chi connectivity index (χ1v) is 15.4. The van der Waals surface area contributed by atoms with E-state index in [4.69, 9.17) is 9.47 Å². The van der Waals surface area contributed by atoms with Gasteiger partial charge in [0.1, 0.15) is 12.7 Å². The first-order valence-electron chi connectivity index (χ1n) is 15.4. The van der Waals surface area contributed by atoms with E-state index >= 15 is 0 Å². The lowest BCUT2D eigenvalue weighted by atomic mass is 9.35. The molecule has 0 aromatic rings. The largest absolute Gasteiger partial charge is 0.465 e. The third-order valence-electron chi connectivity index (χ3n) is 13.1. The molecule has 4 nitrogen and oxygen atoms in total. The third-order valence-corrected chi connectivity index (χ3v) is 13.1. The molecule has 0 amide bonds. The molecule has 0 heterocycles. The molecule has 0 aromatic heterocycles. The fraction of sp³-hybridized carbons (Fsp3) is 0.824. The van der Waals surface area contributed by atoms with Gasteiger partial charge in [-0.1, -0.05) is 60.1 Å². The number of carbonyl (C=O) groups is 2. The van der Waals surface area contributed by atoms with Gasteiger partial charge < -0.3 is 9.47 Å². The summed E-state index contributed by atoms with van der Waals surface area (Å²) in [4.78, 5) is 23.8. The normalized spacial score (nSPS) is 43.4. The molecule has 3 saturated carbocycles. The fourth-order valence-electron chi connectivity index (χ4n) is 10.9. The Hall–Kier alpha value is -1.58. The Morgan fingerprint density at radius 1 is 0.921 bits per heavy atom. The van der Waals surface area contributed by atoms with E-state index in [9.17, 15) is 9.59 Å². The van der Waals surface area contributed by atoms with Crippen LogP contribution in [-0.4, -0.2) is 24.6 Å². The second-order valence-electron chi connectivity index (χ2n) is 15.3. The predicted molar refractivity (Wildman–Crippen MR) is 151 cm³/mol. The topological polar surface area (TPSA) is 52.6 Å². The summed E-state index contributed by atoms with van der Waals surface area (Å²) < 4.78 is 11.7. The lowest BCUT2D eigenvalue weighted by Gasteiger charge is -2.70. The van der Waals surface area contributed by atoms with Gasteiger partial charge in [0, 0.05) is 24.7 Å². The lowest BCUT2D eigenvalue weighted by molar-refractivity contribution is -0.207. The molecular formula is C34H52O4. The number of esters is 2. The van der Waals surface area contributed by atoms with Gasteiger partial charge >= 0.3 is 11.9 Å². The van der Waals surface area contributed by atoms with Crippen LogP contribution in [0.2, 0.25) is 0 Å². The van der Waals surface area contributed by atoms with E-state index < -0.39 is 0 Å². The molecule has 0 N–H and O–H groups in total. The summed E-state index contributed by atoms with van der Waals surface area (Å²) in [6.45, 7) is 20.9. The van der Waals surface area contributed by atoms with E-state index in [1.54, 1.807) is 30.6 Å². The molecule has 0 radical (unpaired) electrons. The molecule has 212 valence electrons. The van der Waals surface area contributed by atoms with Gasteiger partial charge in [-0.25, -0.2) is 0 Å². The van der Waals surface area contributed by atoms with Crippen molar-refractivity contribution < 1.29 is 19.1 Å². The zero-order chi connectivity index (χ0) is 27.9. The number of hydrogen-bond donors (Lipinski definition) is 0. The van der Waals surface area contributed by atoms with Crippen LogP contribution in [0.15, 0.2) is 22.8 Å². The standard InChI is InChI=1S/C34H52O4/c1-21(2)24-12-17-34(20-37-22(3)35)19-18-32(8)25(29(24)34)10-11-27-31(7)15-14-28(38-23(4)36)30(5,6)26(31)13-16-33(27,32)9/h10,21,26-28H,11-20H2,1-9H3/t26-,27?,28-,31-,32+,33+,34+/m0/s1. The molecule has 0 aromatic carbocycles. The summed E-state index contributed by atoms with van der Waals surface area (Å²) in [6.07, 6.45) is 12.8. The second kappa shape index (κ2) is 8.96. The number of rotatable bonds is 4. The van der Waals surface area contributed by atoms with Crippen molar-refractivity contribution in [3.05, 3.63) is 22.8 Å². The Morgan fingerprint density at radius 2 is 1.63 bits per heavy atom. The highest BCUT2D eigenvalue weighted by Crippen LogP contribution is 2.75. The van der Waals surface area contributed by atoms with Crippen LogP contribution in [0, 0.1) is 44.8 Å². The van der Waals surface area contributed by atoms with Crippen LogP contribution in [0.1, 0.15) is 120 Å². The molecule has 5 aliphatic carbocycles. The highest BCUT2D eigenvalue weighted by molar-refractivity contribution is 5.66. The average molecular weight is 525 g/mol. The first-order chi connectivity index (χ1) is 17.6. The van der Waals surface area contributed by atoms with Crippen molar-refractivity contribution in [1.29, 1.82) is 0 Å². The van der Waals surface area contributed by atoms with Crippen LogP contribution in [-0.2, 0) is 19.1 Å². The summed E-state index contributed by atoms with van der Waals surface area (Å²) in [6, 6.07) is 0. The van der Waals surface area contributed by atoms with E-state index in [0.717, 1.165) is 38.5 Å². The van der Waals surface area contributed by atoms with Crippen LogP contribution in [0.4, 0.5) is 0 Å². The van der Waals surface area contributed by atoms with Crippen LogP contribution in [0.5, 0.6) is 0 Å². The van der Waals surface area contributed by atoms with Gasteiger partial charge in [0.25, 0.3) is 0 Å². The van der Waals surface area contributed by atoms with Gasteiger partial charge in [-0.15, -0.1) is 0 Å². The molecule has 0 bridgehead atoms. The molecule has 4 heteroatoms. The maximum absolute atomic E-state index is 11.9. The van der Waals surface area contributed by atoms with Crippen LogP contribution in [0.25, 0.3) is 0 Å². The number of carbonyl (C=O) groups excluding carboxylic acids is 2. The van der Waals surface area contributed by atoms with Crippen LogP contribution < -0.4 is 0 Å². The molecule has 5 rings (SSSR count). The van der Waals surface area contributed by atoms with Crippen LogP contribution >= 0.6 is 0 Å². The number of hydrogen-bond acceptors (Lipinski definition) is 4. The van der Waals surface area contributed by atoms with Crippen molar-refractivity contribution in [3.8, 4) is 0 Å². The summed E-state index contributed by atoms with van der Waals surface area (Å²) in [7, 11) is 0. The number of fused-ring (bicyclic) bond motifs is 7. The Bertz CT molecular complexity index is 1080. The monoisotopic (exact) mass is 524 g/mol. The van der Waals surface area contributed by atoms with E-state index in [-0.39, 0.29) is 45.1 Å². The molecule has 1 unspecified atom stereocenters. The predicted octanol–water partition coefficient (Wildman–Crippen LogP) is 8.20. The fourth-order valence-corrected chi connectivity index (χ4v) is 10.9. The highest BCUT2D eigenvalue weighted by atomic mass is 16.5. The molecule has 5 aliphatic rings. The zero-order valence-electron chi connectivity index (χ0n) is 25.6. The first kappa shape index (κ1) is 28.0. The van der Waals surface area contributed by atoms with Gasteiger partial charge in [-0.05, 0) is 103 Å². The average Bonchev–Trinajstić information content (AvgIpc) is 3.20. The van der Waals surface area contributed by atoms with Gasteiger partial charge in [0.05, 0.1) is 0 Å². The molecule has 7 atom stereocenters. The number of allylic oxidation sites excluding steroid dienone is 3. The van der Waals surface area contributed by atoms with Crippen molar-refractivity contribution in [3.63, 3.8) is 0 Å². The van der Waals surface area contributed by atoms with Crippen molar-refractivity contribution in [2.75, 3.05) is 6.61 Å². The van der Waals surface area contributed by atoms with Crippen molar-refractivity contribution in [2.24, 2.45) is 44.8 Å². The smallest absolute Gasteiger partial charge is 0.302 e. The third kappa shape index (κ3) is 3.74. The minimum absolute atomic E-state index is 0.00893. The SMILES string of the molecule is CC(=O)OC[C@]12CCC(C(C)C)=C1C1=CCC3[C@@]4(C)CC[C@H](OC(C)=O)C(C)(C)[C@@H]4CC[C@@]3(C)[C@]1(C)CC2. The van der Waals surface area contributed by atoms with Gasteiger partial charge in [-0.3, -0.25) is 9.59 Å². The Labute approximate surface area is 231 Å². The molecule has 0 aliphatic heterocycles. The molecule has 38 heavy (non-hydrogen) atoms. The van der Waals surface area contributed by atoms with Crippen molar-refractivity contribution >= 4 is 11.9 Å². The van der Waals surface area contributed by atoms with Crippen molar-refractivity contribution in [2.45, 2.75) is 126 Å². The molecule has 3 fully saturated rings. The second-order valence-corrected chi connectivity index (χ2v) is 15.3. The zero-order valence-corrected chi connectivity index (χ0v) is 25.6. The number of ether oxygens (including phenoxy) is 2.